The molecule has 1 aromatic heterocycles. The van der Waals surface area contributed by atoms with Crippen LogP contribution in [-0.4, -0.2) is 36.6 Å². The molecule has 4 nitrogen and oxygen atoms in total. The summed E-state index contributed by atoms with van der Waals surface area (Å²) >= 11 is 0. The van der Waals surface area contributed by atoms with Gasteiger partial charge in [-0.05, 0) is 46.5 Å². The van der Waals surface area contributed by atoms with Gasteiger partial charge in [-0.15, -0.1) is 0 Å². The zero-order chi connectivity index (χ0) is 13.0. The van der Waals surface area contributed by atoms with Crippen LogP contribution in [0.25, 0.3) is 0 Å². The van der Waals surface area contributed by atoms with Gasteiger partial charge in [-0.1, -0.05) is 0 Å². The fraction of sp³-hybridized carbons (Fsp3) is 0.538. The summed E-state index contributed by atoms with van der Waals surface area (Å²) in [6.07, 6.45) is 0. The fourth-order valence-electron chi connectivity index (χ4n) is 1.91. The highest BCUT2D eigenvalue weighted by molar-refractivity contribution is 5.56. The Labute approximate surface area is 103 Å². The molecule has 0 radical (unpaired) electrons. The Balaban J connectivity index is 2.94. The Morgan fingerprint density at radius 3 is 2.65 bits per heavy atom. The Morgan fingerprint density at radius 2 is 2.12 bits per heavy atom. The molecule has 0 saturated carbocycles. The van der Waals surface area contributed by atoms with Crippen molar-refractivity contribution in [2.24, 2.45) is 0 Å². The van der Waals surface area contributed by atoms with Gasteiger partial charge in [0.15, 0.2) is 0 Å². The second kappa shape index (κ2) is 5.65. The minimum Gasteiger partial charge on any atom is -0.365 e. The van der Waals surface area contributed by atoms with E-state index in [0.717, 1.165) is 17.8 Å². The third kappa shape index (κ3) is 3.72. The lowest BCUT2D eigenvalue weighted by atomic mass is 10.1. The molecule has 0 fully saturated rings. The van der Waals surface area contributed by atoms with Crippen LogP contribution in [-0.2, 0) is 0 Å². The first kappa shape index (κ1) is 13.5. The van der Waals surface area contributed by atoms with E-state index in [1.54, 1.807) is 0 Å². The first-order valence-corrected chi connectivity index (χ1v) is 5.73. The van der Waals surface area contributed by atoms with Crippen molar-refractivity contribution >= 4 is 5.82 Å². The van der Waals surface area contributed by atoms with Crippen LogP contribution in [0.15, 0.2) is 6.07 Å². The summed E-state index contributed by atoms with van der Waals surface area (Å²) in [5, 5.41) is 12.4. The first-order chi connectivity index (χ1) is 7.93. The molecule has 1 rings (SSSR count). The summed E-state index contributed by atoms with van der Waals surface area (Å²) in [6.45, 7) is 6.87. The summed E-state index contributed by atoms with van der Waals surface area (Å²) in [5.74, 6) is 0.694. The van der Waals surface area contributed by atoms with Crippen molar-refractivity contribution in [1.82, 2.24) is 9.88 Å². The highest BCUT2D eigenvalue weighted by Crippen LogP contribution is 2.18. The maximum atomic E-state index is 9.14. The molecule has 0 aliphatic rings. The SMILES string of the molecule is Cc1cc(C)c(C#N)c(NC(C)CN(C)C)n1. The molecule has 4 heteroatoms. The lowest BCUT2D eigenvalue weighted by Crippen LogP contribution is -2.30. The van der Waals surface area contributed by atoms with Gasteiger partial charge < -0.3 is 10.2 Å². The van der Waals surface area contributed by atoms with Crippen molar-refractivity contribution in [3.8, 4) is 6.07 Å². The van der Waals surface area contributed by atoms with E-state index in [1.165, 1.54) is 0 Å². The number of nitrogens with one attached hydrogen (secondary N) is 1. The van der Waals surface area contributed by atoms with E-state index >= 15 is 0 Å². The number of aromatic nitrogens is 1. The molecule has 0 amide bonds. The number of nitriles is 1. The van der Waals surface area contributed by atoms with Crippen LogP contribution in [0.5, 0.6) is 0 Å². The van der Waals surface area contributed by atoms with Crippen LogP contribution in [0.4, 0.5) is 5.82 Å². The first-order valence-electron chi connectivity index (χ1n) is 5.73. The Morgan fingerprint density at radius 1 is 1.47 bits per heavy atom. The van der Waals surface area contributed by atoms with Crippen molar-refractivity contribution < 1.29 is 0 Å². The summed E-state index contributed by atoms with van der Waals surface area (Å²) in [7, 11) is 4.05. The normalized spacial score (nSPS) is 12.3. The molecule has 0 aromatic carbocycles. The van der Waals surface area contributed by atoms with Crippen LogP contribution >= 0.6 is 0 Å². The van der Waals surface area contributed by atoms with E-state index in [1.807, 2.05) is 34.0 Å². The largest absolute Gasteiger partial charge is 0.365 e. The van der Waals surface area contributed by atoms with Gasteiger partial charge in [0.2, 0.25) is 0 Å². The fourth-order valence-corrected chi connectivity index (χ4v) is 1.91. The van der Waals surface area contributed by atoms with E-state index in [9.17, 15) is 0 Å². The van der Waals surface area contributed by atoms with Gasteiger partial charge in [0.1, 0.15) is 11.9 Å². The number of nitrogens with zero attached hydrogens (tertiary/aromatic N) is 3. The molecule has 1 heterocycles. The van der Waals surface area contributed by atoms with Crippen LogP contribution in [0.2, 0.25) is 0 Å². The highest BCUT2D eigenvalue weighted by Gasteiger charge is 2.11. The summed E-state index contributed by atoms with van der Waals surface area (Å²) in [4.78, 5) is 6.50. The number of pyridine rings is 1. The van der Waals surface area contributed by atoms with Gasteiger partial charge in [0, 0.05) is 18.3 Å². The number of rotatable bonds is 4. The van der Waals surface area contributed by atoms with E-state index in [-0.39, 0.29) is 6.04 Å². The number of anilines is 1. The second-order valence-electron chi connectivity index (χ2n) is 4.72. The predicted molar refractivity (Wildman–Crippen MR) is 70.1 cm³/mol. The topological polar surface area (TPSA) is 52.0 Å². The monoisotopic (exact) mass is 232 g/mol. The third-order valence-electron chi connectivity index (χ3n) is 2.48. The summed E-state index contributed by atoms with van der Waals surface area (Å²) in [5.41, 5.74) is 2.54. The highest BCUT2D eigenvalue weighted by atomic mass is 15.1. The predicted octanol–water partition coefficient (Wildman–Crippen LogP) is 1.93. The molecule has 0 bridgehead atoms. The Bertz CT molecular complexity index is 432. The molecule has 1 aromatic rings. The zero-order valence-corrected chi connectivity index (χ0v) is 11.2. The maximum absolute atomic E-state index is 9.14. The lowest BCUT2D eigenvalue weighted by molar-refractivity contribution is 0.392. The molecule has 92 valence electrons. The minimum absolute atomic E-state index is 0.255. The van der Waals surface area contributed by atoms with E-state index in [0.29, 0.717) is 11.4 Å². The molecule has 1 atom stereocenters. The molecule has 1 unspecified atom stereocenters. The van der Waals surface area contributed by atoms with E-state index in [2.05, 4.69) is 28.2 Å². The van der Waals surface area contributed by atoms with Crippen LogP contribution in [0.1, 0.15) is 23.7 Å². The number of aryl methyl sites for hydroxylation is 2. The standard InChI is InChI=1S/C13H20N4/c1-9-6-10(2)15-13(12(9)7-14)16-11(3)8-17(4)5/h6,11H,8H2,1-5H3,(H,15,16). The Kier molecular flexibility index (Phi) is 4.47. The lowest BCUT2D eigenvalue weighted by Gasteiger charge is -2.20. The average Bonchev–Trinajstić information content (AvgIpc) is 2.15. The minimum atomic E-state index is 0.255. The number of hydrogen-bond donors (Lipinski definition) is 1. The molecule has 0 aliphatic heterocycles. The van der Waals surface area contributed by atoms with Gasteiger partial charge in [-0.25, -0.2) is 4.98 Å². The van der Waals surface area contributed by atoms with Crippen molar-refractivity contribution in [2.45, 2.75) is 26.8 Å². The van der Waals surface area contributed by atoms with Gasteiger partial charge >= 0.3 is 0 Å². The van der Waals surface area contributed by atoms with Gasteiger partial charge in [-0.3, -0.25) is 0 Å². The molecule has 17 heavy (non-hydrogen) atoms. The van der Waals surface area contributed by atoms with Crippen molar-refractivity contribution in [3.63, 3.8) is 0 Å². The molecule has 0 aliphatic carbocycles. The second-order valence-corrected chi connectivity index (χ2v) is 4.72. The van der Waals surface area contributed by atoms with E-state index < -0.39 is 0 Å². The van der Waals surface area contributed by atoms with E-state index in [4.69, 9.17) is 5.26 Å². The quantitative estimate of drug-likeness (QED) is 0.862. The maximum Gasteiger partial charge on any atom is 0.144 e. The number of hydrogen-bond acceptors (Lipinski definition) is 4. The van der Waals surface area contributed by atoms with Crippen LogP contribution in [0.3, 0.4) is 0 Å². The molecule has 1 N–H and O–H groups in total. The van der Waals surface area contributed by atoms with Gasteiger partial charge in [-0.2, -0.15) is 5.26 Å². The molecule has 0 saturated heterocycles. The molecule has 0 spiro atoms. The number of likely N-dealkylation sites (N-methyl/N-ethyl adjacent to an activating group) is 1. The molecular weight excluding hydrogens is 212 g/mol. The Hall–Kier alpha value is -1.60. The van der Waals surface area contributed by atoms with Gasteiger partial charge in [0.05, 0.1) is 5.56 Å². The smallest absolute Gasteiger partial charge is 0.144 e. The van der Waals surface area contributed by atoms with Crippen LogP contribution in [0, 0.1) is 25.2 Å². The van der Waals surface area contributed by atoms with Crippen molar-refractivity contribution in [1.29, 1.82) is 5.26 Å². The van der Waals surface area contributed by atoms with Crippen molar-refractivity contribution in [3.05, 3.63) is 22.9 Å². The average molecular weight is 232 g/mol. The zero-order valence-electron chi connectivity index (χ0n) is 11.2. The van der Waals surface area contributed by atoms with Crippen molar-refractivity contribution in [2.75, 3.05) is 26.0 Å². The third-order valence-corrected chi connectivity index (χ3v) is 2.48. The van der Waals surface area contributed by atoms with Gasteiger partial charge in [0.25, 0.3) is 0 Å². The van der Waals surface area contributed by atoms with Crippen LogP contribution < -0.4 is 5.32 Å². The summed E-state index contributed by atoms with van der Waals surface area (Å²) < 4.78 is 0. The summed E-state index contributed by atoms with van der Waals surface area (Å²) in [6, 6.07) is 4.40. The molecular formula is C13H20N4.